The highest BCUT2D eigenvalue weighted by Gasteiger charge is 2.61. The Morgan fingerprint density at radius 2 is 2.11 bits per heavy atom. The molecule has 0 heterocycles. The third kappa shape index (κ3) is 2.10. The van der Waals surface area contributed by atoms with Crippen LogP contribution in [-0.4, -0.2) is 37.5 Å². The van der Waals surface area contributed by atoms with Crippen LogP contribution < -0.4 is 5.32 Å². The van der Waals surface area contributed by atoms with Crippen molar-refractivity contribution in [3.63, 3.8) is 0 Å². The molecule has 18 heavy (non-hydrogen) atoms. The maximum absolute atomic E-state index is 9.00. The second-order valence-corrected chi connectivity index (χ2v) is 6.93. The summed E-state index contributed by atoms with van der Waals surface area (Å²) in [6, 6.07) is 0.279. The summed E-state index contributed by atoms with van der Waals surface area (Å²) in [5.41, 5.74) is 0.763. The summed E-state index contributed by atoms with van der Waals surface area (Å²) in [6.07, 6.45) is 5.07. The van der Waals surface area contributed by atoms with E-state index in [0.717, 1.165) is 18.9 Å². The number of aliphatic hydroxyl groups is 1. The van der Waals surface area contributed by atoms with Crippen molar-refractivity contribution in [1.82, 2.24) is 5.32 Å². The number of likely N-dealkylation sites (N-methyl/N-ethyl adjacent to an activating group) is 1. The summed E-state index contributed by atoms with van der Waals surface area (Å²) < 4.78 is 6.21. The molecule has 2 bridgehead atoms. The van der Waals surface area contributed by atoms with Crippen LogP contribution in [0.15, 0.2) is 0 Å². The second-order valence-electron chi connectivity index (χ2n) is 6.93. The predicted octanol–water partition coefficient (Wildman–Crippen LogP) is 2.19. The molecule has 0 aromatic carbocycles. The maximum Gasteiger partial charge on any atom is 0.0637 e. The van der Waals surface area contributed by atoms with Crippen molar-refractivity contribution in [2.75, 3.05) is 20.3 Å². The van der Waals surface area contributed by atoms with Crippen molar-refractivity contribution in [1.29, 1.82) is 0 Å². The lowest BCUT2D eigenvalue weighted by molar-refractivity contribution is -0.0543. The molecule has 0 aromatic rings. The molecule has 0 spiro atoms. The Kier molecular flexibility index (Phi) is 4.05. The average Bonchev–Trinajstić information content (AvgIpc) is 2.67. The van der Waals surface area contributed by atoms with Crippen LogP contribution in [0.1, 0.15) is 46.5 Å². The molecular formula is C15H29NO2. The Labute approximate surface area is 111 Å². The highest BCUT2D eigenvalue weighted by molar-refractivity contribution is 5.11. The van der Waals surface area contributed by atoms with Gasteiger partial charge in [0.15, 0.2) is 0 Å². The Bertz CT molecular complexity index is 292. The molecule has 4 atom stereocenters. The van der Waals surface area contributed by atoms with Gasteiger partial charge in [0.1, 0.15) is 0 Å². The van der Waals surface area contributed by atoms with E-state index in [9.17, 15) is 0 Å². The summed E-state index contributed by atoms with van der Waals surface area (Å²) in [6.45, 7) is 8.19. The molecule has 3 nitrogen and oxygen atoms in total. The first kappa shape index (κ1) is 14.3. The first-order chi connectivity index (χ1) is 8.45. The summed E-state index contributed by atoms with van der Waals surface area (Å²) in [7, 11) is 1.94. The number of hydrogen-bond acceptors (Lipinski definition) is 3. The minimum Gasteiger partial charge on any atom is -0.396 e. The SMILES string of the molecule is CNC(CCO)COC1CC2CCC1(C)C2(C)C. The highest BCUT2D eigenvalue weighted by atomic mass is 16.5. The van der Waals surface area contributed by atoms with Gasteiger partial charge >= 0.3 is 0 Å². The molecule has 2 aliphatic rings. The quantitative estimate of drug-likeness (QED) is 0.764. The Balaban J connectivity index is 1.92. The number of ether oxygens (including phenoxy) is 1. The zero-order chi connectivity index (χ0) is 13.4. The number of rotatable bonds is 6. The van der Waals surface area contributed by atoms with Crippen molar-refractivity contribution >= 4 is 0 Å². The van der Waals surface area contributed by atoms with Crippen molar-refractivity contribution in [2.45, 2.75) is 58.6 Å². The monoisotopic (exact) mass is 255 g/mol. The van der Waals surface area contributed by atoms with E-state index in [-0.39, 0.29) is 12.6 Å². The summed E-state index contributed by atoms with van der Waals surface area (Å²) >= 11 is 0. The number of aliphatic hydroxyl groups excluding tert-OH is 1. The molecule has 3 heteroatoms. The lowest BCUT2D eigenvalue weighted by atomic mass is 9.70. The van der Waals surface area contributed by atoms with Gasteiger partial charge in [0, 0.05) is 12.6 Å². The van der Waals surface area contributed by atoms with Crippen LogP contribution in [0.25, 0.3) is 0 Å². The summed E-state index contributed by atoms with van der Waals surface area (Å²) in [4.78, 5) is 0. The number of fused-ring (bicyclic) bond motifs is 2. The van der Waals surface area contributed by atoms with Gasteiger partial charge in [-0.25, -0.2) is 0 Å². The molecule has 2 rings (SSSR count). The van der Waals surface area contributed by atoms with Crippen LogP contribution in [-0.2, 0) is 4.74 Å². The molecule has 4 unspecified atom stereocenters. The molecule has 0 radical (unpaired) electrons. The molecule has 2 fully saturated rings. The van der Waals surface area contributed by atoms with E-state index in [1.807, 2.05) is 7.05 Å². The molecule has 0 amide bonds. The van der Waals surface area contributed by atoms with Gasteiger partial charge in [0.25, 0.3) is 0 Å². The topological polar surface area (TPSA) is 41.5 Å². The van der Waals surface area contributed by atoms with Crippen molar-refractivity contribution in [3.8, 4) is 0 Å². The zero-order valence-corrected chi connectivity index (χ0v) is 12.3. The average molecular weight is 255 g/mol. The molecule has 106 valence electrons. The fourth-order valence-electron chi connectivity index (χ4n) is 4.08. The molecular weight excluding hydrogens is 226 g/mol. The molecule has 2 N–H and O–H groups in total. The van der Waals surface area contributed by atoms with E-state index in [1.54, 1.807) is 0 Å². The van der Waals surface area contributed by atoms with E-state index in [2.05, 4.69) is 26.1 Å². The lowest BCUT2D eigenvalue weighted by Crippen LogP contribution is -2.40. The van der Waals surface area contributed by atoms with Gasteiger partial charge in [0.05, 0.1) is 12.7 Å². The van der Waals surface area contributed by atoms with Crippen LogP contribution in [0.3, 0.4) is 0 Å². The van der Waals surface area contributed by atoms with Crippen LogP contribution in [0.2, 0.25) is 0 Å². The molecule has 2 aliphatic carbocycles. The predicted molar refractivity (Wildman–Crippen MR) is 73.5 cm³/mol. The Hall–Kier alpha value is -0.120. The van der Waals surface area contributed by atoms with E-state index in [1.165, 1.54) is 19.3 Å². The van der Waals surface area contributed by atoms with Crippen molar-refractivity contribution < 1.29 is 9.84 Å². The van der Waals surface area contributed by atoms with Gasteiger partial charge in [-0.1, -0.05) is 20.8 Å². The molecule has 0 saturated heterocycles. The van der Waals surface area contributed by atoms with E-state index in [0.29, 0.717) is 16.9 Å². The van der Waals surface area contributed by atoms with Gasteiger partial charge in [-0.15, -0.1) is 0 Å². The minimum atomic E-state index is 0.227. The van der Waals surface area contributed by atoms with Gasteiger partial charge in [-0.3, -0.25) is 0 Å². The van der Waals surface area contributed by atoms with Gasteiger partial charge < -0.3 is 15.2 Å². The summed E-state index contributed by atoms with van der Waals surface area (Å²) in [5, 5.41) is 12.2. The zero-order valence-electron chi connectivity index (χ0n) is 12.3. The fourth-order valence-corrected chi connectivity index (χ4v) is 4.08. The smallest absolute Gasteiger partial charge is 0.0637 e. The van der Waals surface area contributed by atoms with Crippen LogP contribution in [0.4, 0.5) is 0 Å². The van der Waals surface area contributed by atoms with E-state index < -0.39 is 0 Å². The highest BCUT2D eigenvalue weighted by Crippen LogP contribution is 2.66. The Morgan fingerprint density at radius 3 is 2.56 bits per heavy atom. The van der Waals surface area contributed by atoms with E-state index in [4.69, 9.17) is 9.84 Å². The van der Waals surface area contributed by atoms with Crippen LogP contribution in [0.5, 0.6) is 0 Å². The number of hydrogen-bond donors (Lipinski definition) is 2. The van der Waals surface area contributed by atoms with Crippen LogP contribution in [0, 0.1) is 16.7 Å². The minimum absolute atomic E-state index is 0.227. The Morgan fingerprint density at radius 1 is 1.39 bits per heavy atom. The molecule has 0 aliphatic heterocycles. The third-order valence-electron chi connectivity index (χ3n) is 6.10. The molecule has 0 aromatic heterocycles. The van der Waals surface area contributed by atoms with Gasteiger partial charge in [0.2, 0.25) is 0 Å². The normalized spacial score (nSPS) is 39.2. The van der Waals surface area contributed by atoms with Crippen molar-refractivity contribution in [2.24, 2.45) is 16.7 Å². The lowest BCUT2D eigenvalue weighted by Gasteiger charge is -2.39. The largest absolute Gasteiger partial charge is 0.396 e. The first-order valence-electron chi connectivity index (χ1n) is 7.35. The fraction of sp³-hybridized carbons (Fsp3) is 1.00. The van der Waals surface area contributed by atoms with Crippen molar-refractivity contribution in [3.05, 3.63) is 0 Å². The molecule has 2 saturated carbocycles. The standard InChI is InChI=1S/C15H29NO2/c1-14(2)11-5-7-15(14,3)13(9-11)18-10-12(16-4)6-8-17/h11-13,16-17H,5-10H2,1-4H3. The van der Waals surface area contributed by atoms with Gasteiger partial charge in [-0.05, 0) is 49.5 Å². The maximum atomic E-state index is 9.00. The number of nitrogens with one attached hydrogen (secondary N) is 1. The summed E-state index contributed by atoms with van der Waals surface area (Å²) in [5.74, 6) is 0.832. The first-order valence-corrected chi connectivity index (χ1v) is 7.35. The van der Waals surface area contributed by atoms with Gasteiger partial charge in [-0.2, -0.15) is 0 Å². The third-order valence-corrected chi connectivity index (χ3v) is 6.10. The van der Waals surface area contributed by atoms with Crippen LogP contribution >= 0.6 is 0 Å². The second kappa shape index (κ2) is 5.10. The van der Waals surface area contributed by atoms with E-state index >= 15 is 0 Å².